The van der Waals surface area contributed by atoms with Crippen LogP contribution < -0.4 is 5.32 Å². The summed E-state index contributed by atoms with van der Waals surface area (Å²) in [7, 11) is 0. The van der Waals surface area contributed by atoms with Crippen molar-refractivity contribution in [3.63, 3.8) is 0 Å². The quantitative estimate of drug-likeness (QED) is 0.858. The number of aryl methyl sites for hydroxylation is 1. The Hall–Kier alpha value is -1.82. The minimum atomic E-state index is -0.260. The van der Waals surface area contributed by atoms with E-state index in [1.165, 1.54) is 0 Å². The average molecular weight is 291 g/mol. The molecule has 6 heteroatoms. The minimum Gasteiger partial charge on any atom is -0.340 e. The van der Waals surface area contributed by atoms with Gasteiger partial charge in [0.1, 0.15) is 6.04 Å². The summed E-state index contributed by atoms with van der Waals surface area (Å²) in [5, 5.41) is 6.66. The molecule has 0 fully saturated rings. The molecule has 1 unspecified atom stereocenters. The van der Waals surface area contributed by atoms with Gasteiger partial charge in [-0.2, -0.15) is 4.98 Å². The van der Waals surface area contributed by atoms with Crippen LogP contribution in [-0.4, -0.2) is 22.3 Å². The van der Waals surface area contributed by atoms with Gasteiger partial charge in [0, 0.05) is 10.5 Å². The molecule has 106 valence electrons. The van der Waals surface area contributed by atoms with Crippen LogP contribution in [-0.2, 0) is 0 Å². The molecule has 1 atom stereocenters. The molecular formula is C14H17N3O2S. The highest BCUT2D eigenvalue weighted by Gasteiger charge is 2.19. The van der Waals surface area contributed by atoms with Crippen LogP contribution in [0.25, 0.3) is 0 Å². The topological polar surface area (TPSA) is 68.0 Å². The number of benzene rings is 1. The van der Waals surface area contributed by atoms with Gasteiger partial charge in [-0.25, -0.2) is 0 Å². The third-order valence-corrected chi connectivity index (χ3v) is 3.65. The van der Waals surface area contributed by atoms with Gasteiger partial charge in [0.25, 0.3) is 5.91 Å². The van der Waals surface area contributed by atoms with Gasteiger partial charge in [0.05, 0.1) is 0 Å². The zero-order valence-corrected chi connectivity index (χ0v) is 12.5. The molecule has 1 amide bonds. The molecule has 20 heavy (non-hydrogen) atoms. The lowest BCUT2D eigenvalue weighted by atomic mass is 10.1. The van der Waals surface area contributed by atoms with Crippen molar-refractivity contribution in [1.29, 1.82) is 0 Å². The normalized spacial score (nSPS) is 12.2. The lowest BCUT2D eigenvalue weighted by molar-refractivity contribution is 0.0927. The van der Waals surface area contributed by atoms with Crippen LogP contribution in [0.5, 0.6) is 0 Å². The van der Waals surface area contributed by atoms with Crippen LogP contribution in [0.3, 0.4) is 0 Å². The molecule has 1 N–H and O–H groups in total. The highest BCUT2D eigenvalue weighted by Crippen LogP contribution is 2.17. The maximum absolute atomic E-state index is 12.2. The van der Waals surface area contributed by atoms with Crippen molar-refractivity contribution in [2.24, 2.45) is 0 Å². The van der Waals surface area contributed by atoms with Crippen LogP contribution >= 0.6 is 11.8 Å². The molecule has 0 radical (unpaired) electrons. The van der Waals surface area contributed by atoms with Gasteiger partial charge >= 0.3 is 0 Å². The Bertz CT molecular complexity index is 580. The summed E-state index contributed by atoms with van der Waals surface area (Å²) < 4.78 is 5.11. The zero-order chi connectivity index (χ0) is 14.5. The molecular weight excluding hydrogens is 274 g/mol. The van der Waals surface area contributed by atoms with E-state index in [1.54, 1.807) is 18.7 Å². The Morgan fingerprint density at radius 3 is 2.60 bits per heavy atom. The standard InChI is InChI=1S/C14H17N3O2S/c1-4-12(14-15-9(2)17-19-14)16-13(18)10-5-7-11(20-3)8-6-10/h5-8,12H,4H2,1-3H3,(H,16,18). The van der Waals surface area contributed by atoms with Gasteiger partial charge in [-0.15, -0.1) is 11.8 Å². The van der Waals surface area contributed by atoms with E-state index in [0.717, 1.165) is 4.90 Å². The Kier molecular flexibility index (Phi) is 4.79. The van der Waals surface area contributed by atoms with Gasteiger partial charge in [0.2, 0.25) is 5.89 Å². The molecule has 1 aromatic carbocycles. The first-order valence-corrected chi connectivity index (χ1v) is 7.61. The third-order valence-electron chi connectivity index (χ3n) is 2.91. The number of nitrogens with one attached hydrogen (secondary N) is 1. The largest absolute Gasteiger partial charge is 0.340 e. The summed E-state index contributed by atoms with van der Waals surface area (Å²) in [6, 6.07) is 7.22. The Balaban J connectivity index is 2.08. The highest BCUT2D eigenvalue weighted by atomic mass is 32.2. The molecule has 0 aliphatic heterocycles. The molecule has 0 aliphatic carbocycles. The molecule has 0 saturated carbocycles. The summed E-state index contributed by atoms with van der Waals surface area (Å²) in [4.78, 5) is 17.5. The Labute approximate surface area is 122 Å². The molecule has 0 bridgehead atoms. The molecule has 0 spiro atoms. The summed E-state index contributed by atoms with van der Waals surface area (Å²) in [6.45, 7) is 3.71. The van der Waals surface area contributed by atoms with E-state index in [2.05, 4.69) is 15.5 Å². The first-order chi connectivity index (χ1) is 9.63. The number of carbonyl (C=O) groups is 1. The van der Waals surface area contributed by atoms with Crippen molar-refractivity contribution in [1.82, 2.24) is 15.5 Å². The summed E-state index contributed by atoms with van der Waals surface area (Å²) >= 11 is 1.64. The molecule has 0 aliphatic rings. The van der Waals surface area contributed by atoms with Crippen LogP contribution in [0, 0.1) is 6.92 Å². The van der Waals surface area contributed by atoms with Crippen molar-refractivity contribution >= 4 is 17.7 Å². The van der Waals surface area contributed by atoms with E-state index < -0.39 is 0 Å². The fourth-order valence-corrected chi connectivity index (χ4v) is 2.19. The summed E-state index contributed by atoms with van der Waals surface area (Å²) in [5.41, 5.74) is 0.623. The smallest absolute Gasteiger partial charge is 0.251 e. The van der Waals surface area contributed by atoms with Gasteiger partial charge in [0.15, 0.2) is 5.82 Å². The second kappa shape index (κ2) is 6.56. The summed E-state index contributed by atoms with van der Waals surface area (Å²) in [5.74, 6) is 0.872. The van der Waals surface area contributed by atoms with E-state index in [-0.39, 0.29) is 11.9 Å². The lowest BCUT2D eigenvalue weighted by Gasteiger charge is -2.12. The van der Waals surface area contributed by atoms with Gasteiger partial charge in [-0.3, -0.25) is 4.79 Å². The van der Waals surface area contributed by atoms with Crippen LogP contribution in [0.1, 0.15) is 41.5 Å². The molecule has 2 aromatic rings. The molecule has 0 saturated heterocycles. The Morgan fingerprint density at radius 2 is 2.10 bits per heavy atom. The maximum atomic E-state index is 12.2. The molecule has 2 rings (SSSR count). The van der Waals surface area contributed by atoms with E-state index >= 15 is 0 Å². The predicted molar refractivity (Wildman–Crippen MR) is 77.8 cm³/mol. The second-order valence-corrected chi connectivity index (χ2v) is 5.22. The molecule has 1 heterocycles. The van der Waals surface area contributed by atoms with Gasteiger partial charge < -0.3 is 9.84 Å². The minimum absolute atomic E-state index is 0.139. The van der Waals surface area contributed by atoms with Gasteiger partial charge in [-0.1, -0.05) is 12.1 Å². The average Bonchev–Trinajstić information content (AvgIpc) is 2.91. The number of nitrogens with zero attached hydrogens (tertiary/aromatic N) is 2. The van der Waals surface area contributed by atoms with E-state index in [1.807, 2.05) is 37.4 Å². The maximum Gasteiger partial charge on any atom is 0.251 e. The number of aromatic nitrogens is 2. The van der Waals surface area contributed by atoms with Crippen LogP contribution in [0.15, 0.2) is 33.7 Å². The van der Waals surface area contributed by atoms with Gasteiger partial charge in [-0.05, 0) is 43.9 Å². The number of hydrogen-bond acceptors (Lipinski definition) is 5. The third kappa shape index (κ3) is 3.39. The predicted octanol–water partition coefficient (Wildman–Crippen LogP) is 2.98. The monoisotopic (exact) mass is 291 g/mol. The van der Waals surface area contributed by atoms with E-state index in [9.17, 15) is 4.79 Å². The zero-order valence-electron chi connectivity index (χ0n) is 11.7. The highest BCUT2D eigenvalue weighted by molar-refractivity contribution is 7.98. The van der Waals surface area contributed by atoms with Crippen LogP contribution in [0.2, 0.25) is 0 Å². The number of hydrogen-bond donors (Lipinski definition) is 1. The Morgan fingerprint density at radius 1 is 1.40 bits per heavy atom. The molecule has 1 aromatic heterocycles. The first-order valence-electron chi connectivity index (χ1n) is 6.39. The summed E-state index contributed by atoms with van der Waals surface area (Å²) in [6.07, 6.45) is 2.69. The molecule has 5 nitrogen and oxygen atoms in total. The number of rotatable bonds is 5. The fourth-order valence-electron chi connectivity index (χ4n) is 1.78. The van der Waals surface area contributed by atoms with E-state index in [4.69, 9.17) is 4.52 Å². The number of carbonyl (C=O) groups excluding carboxylic acids is 1. The SMILES string of the molecule is CCC(NC(=O)c1ccc(SC)cc1)c1nc(C)no1. The fraction of sp³-hybridized carbons (Fsp3) is 0.357. The van der Waals surface area contributed by atoms with E-state index in [0.29, 0.717) is 23.7 Å². The second-order valence-electron chi connectivity index (χ2n) is 4.34. The van der Waals surface area contributed by atoms with Crippen molar-refractivity contribution < 1.29 is 9.32 Å². The van der Waals surface area contributed by atoms with Crippen molar-refractivity contribution in [3.05, 3.63) is 41.5 Å². The van der Waals surface area contributed by atoms with Crippen LogP contribution in [0.4, 0.5) is 0 Å². The lowest BCUT2D eigenvalue weighted by Crippen LogP contribution is -2.28. The van der Waals surface area contributed by atoms with Crippen molar-refractivity contribution in [2.45, 2.75) is 31.2 Å². The van der Waals surface area contributed by atoms with Crippen molar-refractivity contribution in [3.8, 4) is 0 Å². The number of amides is 1. The first kappa shape index (κ1) is 14.6. The number of thioether (sulfide) groups is 1. The van der Waals surface area contributed by atoms with Crippen molar-refractivity contribution in [2.75, 3.05) is 6.26 Å².